The third kappa shape index (κ3) is 3.23. The Labute approximate surface area is 163 Å². The molecule has 0 aliphatic carbocycles. The van der Waals surface area contributed by atoms with Gasteiger partial charge in [0.2, 0.25) is 0 Å². The minimum Gasteiger partial charge on any atom is -0.375 e. The van der Waals surface area contributed by atoms with E-state index in [1.165, 1.54) is 25.4 Å². The molecule has 3 heterocycles. The van der Waals surface area contributed by atoms with Crippen molar-refractivity contribution in [2.24, 2.45) is 0 Å². The fraction of sp³-hybridized carbons (Fsp3) is 0.211. The molecule has 0 bridgehead atoms. The number of ether oxygens (including phenoxy) is 1. The molecule has 10 heteroatoms. The second-order valence-corrected chi connectivity index (χ2v) is 6.31. The second kappa shape index (κ2) is 7.40. The lowest BCUT2D eigenvalue weighted by Crippen LogP contribution is -2.35. The smallest absolute Gasteiger partial charge is 0.299 e. The minimum atomic E-state index is -0.543. The van der Waals surface area contributed by atoms with E-state index in [9.17, 15) is 14.0 Å². The lowest BCUT2D eigenvalue weighted by molar-refractivity contribution is -0.120. The number of hydrogen-bond donors (Lipinski definition) is 1. The number of amides is 1. The number of aromatic nitrogens is 5. The predicted octanol–water partition coefficient (Wildman–Crippen LogP) is 1.52. The van der Waals surface area contributed by atoms with Crippen LogP contribution in [0, 0.1) is 5.82 Å². The van der Waals surface area contributed by atoms with Gasteiger partial charge in [-0.2, -0.15) is 5.10 Å². The Hall–Kier alpha value is -3.66. The number of pyridine rings is 1. The number of benzene rings is 1. The molecule has 0 atom stereocenters. The minimum absolute atomic E-state index is 0.0496. The number of nitrogens with zero attached hydrogens (tertiary/aromatic N) is 5. The monoisotopic (exact) mass is 396 g/mol. The maximum Gasteiger partial charge on any atom is 0.299 e. The Morgan fingerprint density at radius 2 is 1.97 bits per heavy atom. The first-order valence-corrected chi connectivity index (χ1v) is 8.88. The second-order valence-electron chi connectivity index (χ2n) is 6.31. The zero-order valence-corrected chi connectivity index (χ0v) is 15.7. The van der Waals surface area contributed by atoms with Crippen LogP contribution < -0.4 is 11.0 Å². The molecule has 0 aliphatic heterocycles. The fourth-order valence-corrected chi connectivity index (χ4v) is 3.14. The number of fused-ring (bicyclic) bond motifs is 3. The number of carbonyl (C=O) groups excluding carboxylic acids is 1. The number of aryl methyl sites for hydroxylation is 1. The highest BCUT2D eigenvalue weighted by atomic mass is 19.1. The topological polar surface area (TPSA) is 103 Å². The maximum atomic E-state index is 13.3. The van der Waals surface area contributed by atoms with Gasteiger partial charge in [0.15, 0.2) is 11.2 Å². The molecule has 4 rings (SSSR count). The van der Waals surface area contributed by atoms with E-state index >= 15 is 0 Å². The van der Waals surface area contributed by atoms with Crippen LogP contribution in [0.25, 0.3) is 27.8 Å². The van der Waals surface area contributed by atoms with Gasteiger partial charge in [0.25, 0.3) is 11.5 Å². The van der Waals surface area contributed by atoms with Gasteiger partial charge in [-0.1, -0.05) is 19.1 Å². The number of hydrogen-bond acceptors (Lipinski definition) is 6. The van der Waals surface area contributed by atoms with Gasteiger partial charge in [-0.05, 0) is 30.2 Å². The van der Waals surface area contributed by atoms with Gasteiger partial charge in [0.05, 0.1) is 11.3 Å². The summed E-state index contributed by atoms with van der Waals surface area (Å²) in [4.78, 5) is 24.4. The molecule has 148 valence electrons. The van der Waals surface area contributed by atoms with Gasteiger partial charge in [-0.3, -0.25) is 15.0 Å². The molecular formula is C19H17FN6O3. The van der Waals surface area contributed by atoms with Crippen LogP contribution in [0.1, 0.15) is 12.6 Å². The summed E-state index contributed by atoms with van der Waals surface area (Å²) in [7, 11) is 1.38. The molecule has 1 aromatic carbocycles. The summed E-state index contributed by atoms with van der Waals surface area (Å²) in [5.41, 5.74) is 5.07. The van der Waals surface area contributed by atoms with Crippen LogP contribution in [-0.2, 0) is 16.0 Å². The first-order chi connectivity index (χ1) is 14.0. The van der Waals surface area contributed by atoms with Crippen molar-refractivity contribution in [3.8, 4) is 11.1 Å². The van der Waals surface area contributed by atoms with E-state index in [1.54, 1.807) is 22.7 Å². The molecular weight excluding hydrogens is 379 g/mol. The highest BCUT2D eigenvalue weighted by Gasteiger charge is 2.19. The molecule has 0 saturated heterocycles. The summed E-state index contributed by atoms with van der Waals surface area (Å²) in [5.74, 6) is -0.815. The quantitative estimate of drug-likeness (QED) is 0.549. The summed E-state index contributed by atoms with van der Waals surface area (Å²) in [6.07, 6.45) is 2.03. The average molecular weight is 396 g/mol. The number of nitrogens with one attached hydrogen (secondary N) is 1. The molecule has 0 fully saturated rings. The van der Waals surface area contributed by atoms with Gasteiger partial charge in [0, 0.05) is 13.3 Å². The van der Waals surface area contributed by atoms with Gasteiger partial charge < -0.3 is 4.74 Å². The standard InChI is InChI=1S/C19H17FN6O3/c1-3-13-16(11-4-6-12(20)7-5-11)18-22-21-17-14(26(18)23-13)8-9-25(19(17)28)24-15(27)10-29-2/h4-9H,3,10H2,1-2H3,(H,24,27). The zero-order chi connectivity index (χ0) is 20.5. The first kappa shape index (κ1) is 18.7. The number of halogens is 1. The normalized spacial score (nSPS) is 11.3. The molecule has 3 aromatic heterocycles. The molecule has 1 amide bonds. The van der Waals surface area contributed by atoms with Crippen LogP contribution in [0.3, 0.4) is 0 Å². The molecule has 0 spiro atoms. The summed E-state index contributed by atoms with van der Waals surface area (Å²) >= 11 is 0. The lowest BCUT2D eigenvalue weighted by atomic mass is 10.0. The van der Waals surface area contributed by atoms with Crippen molar-refractivity contribution in [1.29, 1.82) is 0 Å². The number of carbonyl (C=O) groups is 1. The zero-order valence-electron chi connectivity index (χ0n) is 15.7. The molecule has 0 radical (unpaired) electrons. The summed E-state index contributed by atoms with van der Waals surface area (Å²) < 4.78 is 20.6. The highest BCUT2D eigenvalue weighted by Crippen LogP contribution is 2.29. The molecule has 4 aromatic rings. The summed E-state index contributed by atoms with van der Waals surface area (Å²) in [6, 6.07) is 7.66. The van der Waals surface area contributed by atoms with Crippen LogP contribution in [0.2, 0.25) is 0 Å². The average Bonchev–Trinajstić information content (AvgIpc) is 3.10. The van der Waals surface area contributed by atoms with E-state index in [-0.39, 0.29) is 17.9 Å². The SMILES string of the molecule is CCc1nn2c(nnc3c(=O)n(NC(=O)COC)ccc32)c1-c1ccc(F)cc1. The van der Waals surface area contributed by atoms with Crippen LogP contribution in [-0.4, -0.2) is 44.1 Å². The van der Waals surface area contributed by atoms with Crippen molar-refractivity contribution in [3.05, 3.63) is 58.4 Å². The van der Waals surface area contributed by atoms with Crippen molar-refractivity contribution in [1.82, 2.24) is 24.5 Å². The molecule has 1 N–H and O–H groups in total. The fourth-order valence-electron chi connectivity index (χ4n) is 3.14. The van der Waals surface area contributed by atoms with Crippen LogP contribution in [0.15, 0.2) is 41.3 Å². The molecule has 9 nitrogen and oxygen atoms in total. The van der Waals surface area contributed by atoms with Crippen molar-refractivity contribution < 1.29 is 13.9 Å². The predicted molar refractivity (Wildman–Crippen MR) is 104 cm³/mol. The number of rotatable bonds is 5. The van der Waals surface area contributed by atoms with E-state index in [0.29, 0.717) is 17.6 Å². The van der Waals surface area contributed by atoms with Crippen molar-refractivity contribution in [2.75, 3.05) is 19.1 Å². The first-order valence-electron chi connectivity index (χ1n) is 8.88. The van der Waals surface area contributed by atoms with Gasteiger partial charge >= 0.3 is 0 Å². The summed E-state index contributed by atoms with van der Waals surface area (Å²) in [5, 5.41) is 12.9. The lowest BCUT2D eigenvalue weighted by Gasteiger charge is -2.08. The van der Waals surface area contributed by atoms with E-state index in [0.717, 1.165) is 21.5 Å². The van der Waals surface area contributed by atoms with Crippen LogP contribution in [0.5, 0.6) is 0 Å². The largest absolute Gasteiger partial charge is 0.375 e. The van der Waals surface area contributed by atoms with E-state index in [2.05, 4.69) is 20.7 Å². The van der Waals surface area contributed by atoms with Crippen molar-refractivity contribution >= 4 is 22.6 Å². The van der Waals surface area contributed by atoms with Gasteiger partial charge in [-0.25, -0.2) is 13.6 Å². The Kier molecular flexibility index (Phi) is 4.77. The highest BCUT2D eigenvalue weighted by molar-refractivity contribution is 5.86. The summed E-state index contributed by atoms with van der Waals surface area (Å²) in [6.45, 7) is 1.76. The third-order valence-corrected chi connectivity index (χ3v) is 4.44. The van der Waals surface area contributed by atoms with Crippen LogP contribution in [0.4, 0.5) is 4.39 Å². The number of methoxy groups -OCH3 is 1. The van der Waals surface area contributed by atoms with E-state index < -0.39 is 11.5 Å². The Bertz CT molecular complexity index is 1280. The Balaban J connectivity index is 1.90. The Morgan fingerprint density at radius 3 is 2.66 bits per heavy atom. The third-order valence-electron chi connectivity index (χ3n) is 4.44. The molecule has 0 aliphatic rings. The Morgan fingerprint density at radius 1 is 1.21 bits per heavy atom. The van der Waals surface area contributed by atoms with Crippen LogP contribution >= 0.6 is 0 Å². The maximum absolute atomic E-state index is 13.3. The molecule has 0 unspecified atom stereocenters. The molecule has 0 saturated carbocycles. The van der Waals surface area contributed by atoms with E-state index in [4.69, 9.17) is 4.74 Å². The van der Waals surface area contributed by atoms with Gasteiger partial charge in [-0.15, -0.1) is 10.2 Å². The van der Waals surface area contributed by atoms with Gasteiger partial charge in [0.1, 0.15) is 17.9 Å². The molecule has 29 heavy (non-hydrogen) atoms. The van der Waals surface area contributed by atoms with Crippen molar-refractivity contribution in [2.45, 2.75) is 13.3 Å². The van der Waals surface area contributed by atoms with E-state index in [1.807, 2.05) is 6.92 Å². The van der Waals surface area contributed by atoms with Crippen molar-refractivity contribution in [3.63, 3.8) is 0 Å².